The van der Waals surface area contributed by atoms with Crippen molar-refractivity contribution in [3.63, 3.8) is 0 Å². The molecule has 0 bridgehead atoms. The molecular weight excluding hydrogens is 381 g/mol. The van der Waals surface area contributed by atoms with Crippen molar-refractivity contribution in [1.29, 1.82) is 0 Å². The van der Waals surface area contributed by atoms with E-state index in [-0.39, 0.29) is 5.92 Å². The number of pyridine rings is 1. The zero-order chi connectivity index (χ0) is 18.6. The van der Waals surface area contributed by atoms with Crippen LogP contribution in [-0.2, 0) is 11.2 Å². The first kappa shape index (κ1) is 17.1. The molecule has 2 aromatic carbocycles. The van der Waals surface area contributed by atoms with Gasteiger partial charge in [-0.15, -0.1) is 0 Å². The number of fused-ring (bicyclic) bond motifs is 3. The third-order valence-electron chi connectivity index (χ3n) is 5.86. The highest BCUT2D eigenvalue weighted by atomic mass is 35.5. The summed E-state index contributed by atoms with van der Waals surface area (Å²) >= 11 is 12.3. The zero-order valence-electron chi connectivity index (χ0n) is 14.4. The van der Waals surface area contributed by atoms with Gasteiger partial charge in [0.1, 0.15) is 11.4 Å². The topological polar surface area (TPSA) is 42.4 Å². The van der Waals surface area contributed by atoms with E-state index in [0.717, 1.165) is 17.5 Å². The lowest BCUT2D eigenvalue weighted by Gasteiger charge is -2.39. The van der Waals surface area contributed by atoms with Crippen LogP contribution in [0.1, 0.15) is 35.6 Å². The minimum Gasteiger partial charge on any atom is -0.476 e. The number of rotatable bonds is 2. The average Bonchev–Trinajstić information content (AvgIpc) is 3.10. The molecule has 2 unspecified atom stereocenters. The number of hydrogen-bond donors (Lipinski definition) is 1. The van der Waals surface area contributed by atoms with Crippen LogP contribution in [0, 0.1) is 0 Å². The average molecular weight is 398 g/mol. The van der Waals surface area contributed by atoms with Crippen LogP contribution in [0.4, 0.5) is 0 Å². The van der Waals surface area contributed by atoms with Crippen molar-refractivity contribution in [2.24, 2.45) is 0 Å². The van der Waals surface area contributed by atoms with Gasteiger partial charge in [-0.05, 0) is 36.1 Å². The normalized spacial score (nSPS) is 28.5. The van der Waals surface area contributed by atoms with Gasteiger partial charge in [0.15, 0.2) is 11.2 Å². The summed E-state index contributed by atoms with van der Waals surface area (Å²) in [6.45, 7) is 0. The Morgan fingerprint density at radius 2 is 1.74 bits per heavy atom. The highest BCUT2D eigenvalue weighted by Crippen LogP contribution is 2.66. The lowest BCUT2D eigenvalue weighted by molar-refractivity contribution is -0.107. The van der Waals surface area contributed by atoms with Crippen LogP contribution in [-0.4, -0.2) is 10.1 Å². The molecule has 1 aliphatic carbocycles. The fourth-order valence-corrected chi connectivity index (χ4v) is 5.02. The molecule has 136 valence electrons. The number of benzene rings is 2. The van der Waals surface area contributed by atoms with Crippen LogP contribution < -0.4 is 4.74 Å². The summed E-state index contributed by atoms with van der Waals surface area (Å²) in [5.41, 5.74) is 0.359. The van der Waals surface area contributed by atoms with Crippen molar-refractivity contribution in [3.8, 4) is 5.75 Å². The molecule has 1 saturated carbocycles. The third-order valence-corrected chi connectivity index (χ3v) is 6.32. The van der Waals surface area contributed by atoms with E-state index in [1.165, 1.54) is 0 Å². The van der Waals surface area contributed by atoms with Gasteiger partial charge in [-0.25, -0.2) is 0 Å². The number of aromatic nitrogens is 1. The molecule has 0 saturated heterocycles. The van der Waals surface area contributed by atoms with Crippen LogP contribution in [0.15, 0.2) is 66.9 Å². The summed E-state index contributed by atoms with van der Waals surface area (Å²) in [6, 6.07) is 19.5. The summed E-state index contributed by atoms with van der Waals surface area (Å²) in [4.78, 5) is 4.46. The molecule has 2 heterocycles. The van der Waals surface area contributed by atoms with Crippen LogP contribution in [0.5, 0.6) is 5.75 Å². The first-order chi connectivity index (χ1) is 13.0. The molecule has 3 aromatic rings. The predicted molar refractivity (Wildman–Crippen MR) is 105 cm³/mol. The van der Waals surface area contributed by atoms with Gasteiger partial charge in [-0.1, -0.05) is 65.7 Å². The van der Waals surface area contributed by atoms with E-state index in [2.05, 4.69) is 17.1 Å². The molecule has 0 amide bonds. The van der Waals surface area contributed by atoms with Gasteiger partial charge in [0.05, 0.1) is 5.02 Å². The van der Waals surface area contributed by atoms with E-state index in [9.17, 15) is 5.11 Å². The number of ether oxygens (including phenoxy) is 1. The van der Waals surface area contributed by atoms with Crippen LogP contribution >= 0.6 is 23.2 Å². The Morgan fingerprint density at radius 3 is 2.48 bits per heavy atom. The van der Waals surface area contributed by atoms with Crippen molar-refractivity contribution in [2.75, 3.05) is 0 Å². The summed E-state index contributed by atoms with van der Waals surface area (Å²) in [5.74, 6) is 0.512. The Bertz CT molecular complexity index is 1010. The lowest BCUT2D eigenvalue weighted by Crippen LogP contribution is -2.48. The predicted octanol–water partition coefficient (Wildman–Crippen LogP) is 5.44. The van der Waals surface area contributed by atoms with Crippen molar-refractivity contribution in [1.82, 2.24) is 4.98 Å². The second kappa shape index (κ2) is 5.96. The molecule has 2 aliphatic rings. The summed E-state index contributed by atoms with van der Waals surface area (Å²) in [5, 5.41) is 13.0. The van der Waals surface area contributed by atoms with Crippen LogP contribution in [0.2, 0.25) is 10.0 Å². The van der Waals surface area contributed by atoms with Gasteiger partial charge in [0.2, 0.25) is 0 Å². The summed E-state index contributed by atoms with van der Waals surface area (Å²) in [6.07, 6.45) is 2.90. The third kappa shape index (κ3) is 2.29. The number of nitrogens with zero attached hydrogens (tertiary/aromatic N) is 1. The molecule has 0 radical (unpaired) electrons. The molecule has 3 nitrogen and oxygen atoms in total. The van der Waals surface area contributed by atoms with Gasteiger partial charge in [0, 0.05) is 23.2 Å². The zero-order valence-corrected chi connectivity index (χ0v) is 15.9. The smallest absolute Gasteiger partial charge is 0.175 e. The second-order valence-electron chi connectivity index (χ2n) is 7.21. The van der Waals surface area contributed by atoms with Gasteiger partial charge in [0.25, 0.3) is 0 Å². The Hall–Kier alpha value is -2.07. The van der Waals surface area contributed by atoms with E-state index in [1.54, 1.807) is 12.3 Å². The molecule has 1 fully saturated rings. The van der Waals surface area contributed by atoms with Crippen molar-refractivity contribution in [2.45, 2.75) is 30.0 Å². The SMILES string of the molecule is OC12CCC(c3ccccc3)[C@]1(c1ccc(Cl)cc1)Oc1cc(Cl)cnc12. The lowest BCUT2D eigenvalue weighted by atomic mass is 9.73. The molecule has 27 heavy (non-hydrogen) atoms. The molecule has 5 heteroatoms. The van der Waals surface area contributed by atoms with E-state index in [4.69, 9.17) is 27.9 Å². The number of halogens is 2. The Morgan fingerprint density at radius 1 is 1.00 bits per heavy atom. The first-order valence-corrected chi connectivity index (χ1v) is 9.68. The molecule has 3 atom stereocenters. The van der Waals surface area contributed by atoms with Gasteiger partial charge in [-0.2, -0.15) is 0 Å². The largest absolute Gasteiger partial charge is 0.476 e. The van der Waals surface area contributed by atoms with E-state index < -0.39 is 11.2 Å². The Balaban J connectivity index is 1.77. The summed E-state index contributed by atoms with van der Waals surface area (Å²) in [7, 11) is 0. The molecule has 0 spiro atoms. The minimum absolute atomic E-state index is 0.0298. The monoisotopic (exact) mass is 397 g/mol. The quantitative estimate of drug-likeness (QED) is 0.625. The highest BCUT2D eigenvalue weighted by Gasteiger charge is 2.69. The number of aliphatic hydroxyl groups is 1. The molecule has 1 aromatic heterocycles. The van der Waals surface area contributed by atoms with Crippen LogP contribution in [0.3, 0.4) is 0 Å². The Labute approximate surface area is 167 Å². The molecular formula is C22H17Cl2NO2. The van der Waals surface area contributed by atoms with E-state index >= 15 is 0 Å². The fraction of sp³-hybridized carbons (Fsp3) is 0.227. The first-order valence-electron chi connectivity index (χ1n) is 8.93. The van der Waals surface area contributed by atoms with E-state index in [1.807, 2.05) is 42.5 Å². The van der Waals surface area contributed by atoms with Crippen molar-refractivity contribution >= 4 is 23.2 Å². The van der Waals surface area contributed by atoms with Crippen LogP contribution in [0.25, 0.3) is 0 Å². The van der Waals surface area contributed by atoms with Crippen molar-refractivity contribution in [3.05, 3.63) is 93.7 Å². The highest BCUT2D eigenvalue weighted by molar-refractivity contribution is 6.30. The van der Waals surface area contributed by atoms with E-state index in [0.29, 0.717) is 27.9 Å². The minimum atomic E-state index is -1.23. The summed E-state index contributed by atoms with van der Waals surface area (Å²) < 4.78 is 6.56. The fourth-order valence-electron chi connectivity index (χ4n) is 4.75. The maximum atomic E-state index is 11.9. The molecule has 1 aliphatic heterocycles. The Kier molecular flexibility index (Phi) is 3.77. The number of hydrogen-bond acceptors (Lipinski definition) is 3. The van der Waals surface area contributed by atoms with Gasteiger partial charge >= 0.3 is 0 Å². The maximum absolute atomic E-state index is 11.9. The standard InChI is InChI=1S/C22H17Cl2NO2/c23-16-8-6-15(7-9-16)22-18(14-4-2-1-3-5-14)10-11-21(22,26)20-19(27-22)12-17(24)13-25-20/h1-9,12-13,18,26H,10-11H2/t18?,21?,22-/m0/s1. The molecule has 5 rings (SSSR count). The van der Waals surface area contributed by atoms with Gasteiger partial charge in [-0.3, -0.25) is 4.98 Å². The van der Waals surface area contributed by atoms with Crippen molar-refractivity contribution < 1.29 is 9.84 Å². The van der Waals surface area contributed by atoms with Gasteiger partial charge < -0.3 is 9.84 Å². The second-order valence-corrected chi connectivity index (χ2v) is 8.08. The molecule has 1 N–H and O–H groups in total. The maximum Gasteiger partial charge on any atom is 0.175 e.